The Morgan fingerprint density at radius 1 is 0.970 bits per heavy atom. The lowest BCUT2D eigenvalue weighted by Gasteiger charge is -2.09. The number of thiazole rings is 1. The lowest BCUT2D eigenvalue weighted by molar-refractivity contribution is -0.113. The summed E-state index contributed by atoms with van der Waals surface area (Å²) in [5, 5.41) is 5.76. The van der Waals surface area contributed by atoms with Crippen LogP contribution in [0.1, 0.15) is 10.4 Å². The number of ether oxygens (including phenoxy) is 2. The molecule has 4 aromatic rings. The number of aromatic nitrogens is 1. The zero-order chi connectivity index (χ0) is 23.2. The van der Waals surface area contributed by atoms with E-state index in [1.807, 2.05) is 30.3 Å². The minimum absolute atomic E-state index is 0.142. The van der Waals surface area contributed by atoms with Crippen LogP contribution in [0.4, 0.5) is 11.4 Å². The number of fused-ring (bicyclic) bond motifs is 1. The van der Waals surface area contributed by atoms with Gasteiger partial charge in [-0.05, 0) is 54.6 Å². The van der Waals surface area contributed by atoms with Crippen LogP contribution >= 0.6 is 23.1 Å². The number of carbonyl (C=O) groups excluding carboxylic acids is 2. The van der Waals surface area contributed by atoms with E-state index >= 15 is 0 Å². The van der Waals surface area contributed by atoms with Crippen molar-refractivity contribution in [1.82, 2.24) is 4.98 Å². The van der Waals surface area contributed by atoms with Crippen LogP contribution in [0.3, 0.4) is 0 Å². The van der Waals surface area contributed by atoms with Crippen molar-refractivity contribution in [2.45, 2.75) is 4.34 Å². The fourth-order valence-corrected chi connectivity index (χ4v) is 4.96. The van der Waals surface area contributed by atoms with Gasteiger partial charge in [-0.3, -0.25) is 9.59 Å². The summed E-state index contributed by atoms with van der Waals surface area (Å²) in [6.07, 6.45) is 0. The largest absolute Gasteiger partial charge is 0.497 e. The van der Waals surface area contributed by atoms with Crippen molar-refractivity contribution in [2.24, 2.45) is 0 Å². The molecular weight excluding hydrogens is 458 g/mol. The molecule has 0 aliphatic rings. The second-order valence-electron chi connectivity index (χ2n) is 6.88. The van der Waals surface area contributed by atoms with Crippen LogP contribution < -0.4 is 20.1 Å². The van der Waals surface area contributed by atoms with E-state index in [9.17, 15) is 9.59 Å². The summed E-state index contributed by atoms with van der Waals surface area (Å²) in [4.78, 5) is 29.4. The Labute approximate surface area is 199 Å². The standard InChI is InChI=1S/C24H21N3O4S2/c1-30-17-10-7-15(8-11-17)23(29)25-16-9-12-19-21(13-16)33-24(27-19)32-14-22(28)26-18-5-3-4-6-20(18)31-2/h3-13H,14H2,1-2H3,(H,25,29)(H,26,28). The van der Waals surface area contributed by atoms with Gasteiger partial charge in [-0.15, -0.1) is 11.3 Å². The first-order valence-electron chi connectivity index (χ1n) is 9.97. The fraction of sp³-hybridized carbons (Fsp3) is 0.125. The normalized spacial score (nSPS) is 10.6. The number of anilines is 2. The number of para-hydroxylation sites is 2. The molecule has 0 unspecified atom stereocenters. The monoisotopic (exact) mass is 479 g/mol. The first-order valence-corrected chi connectivity index (χ1v) is 11.8. The minimum Gasteiger partial charge on any atom is -0.497 e. The van der Waals surface area contributed by atoms with E-state index in [0.717, 1.165) is 14.6 Å². The molecule has 1 aromatic heterocycles. The molecule has 0 spiro atoms. The van der Waals surface area contributed by atoms with E-state index in [0.29, 0.717) is 28.4 Å². The Morgan fingerprint density at radius 3 is 2.52 bits per heavy atom. The molecule has 168 valence electrons. The molecule has 2 N–H and O–H groups in total. The maximum absolute atomic E-state index is 12.5. The predicted molar refractivity (Wildman–Crippen MR) is 133 cm³/mol. The van der Waals surface area contributed by atoms with E-state index in [4.69, 9.17) is 9.47 Å². The second-order valence-corrected chi connectivity index (χ2v) is 9.14. The quantitative estimate of drug-likeness (QED) is 0.334. The fourth-order valence-electron chi connectivity index (χ4n) is 3.05. The predicted octanol–water partition coefficient (Wildman–Crippen LogP) is 5.30. The topological polar surface area (TPSA) is 89.5 Å². The van der Waals surface area contributed by atoms with E-state index in [1.165, 1.54) is 23.1 Å². The Morgan fingerprint density at radius 2 is 1.76 bits per heavy atom. The summed E-state index contributed by atoms with van der Waals surface area (Å²) in [5.74, 6) is 1.18. The summed E-state index contributed by atoms with van der Waals surface area (Å²) < 4.78 is 12.1. The molecular formula is C24H21N3O4S2. The molecule has 0 atom stereocenters. The molecule has 0 fully saturated rings. The third kappa shape index (κ3) is 5.63. The Hall–Kier alpha value is -3.56. The van der Waals surface area contributed by atoms with E-state index in [1.54, 1.807) is 50.6 Å². The van der Waals surface area contributed by atoms with Crippen molar-refractivity contribution in [2.75, 3.05) is 30.6 Å². The van der Waals surface area contributed by atoms with Gasteiger partial charge in [0.1, 0.15) is 11.5 Å². The van der Waals surface area contributed by atoms with E-state index in [2.05, 4.69) is 15.6 Å². The van der Waals surface area contributed by atoms with Crippen molar-refractivity contribution in [1.29, 1.82) is 0 Å². The van der Waals surface area contributed by atoms with Gasteiger partial charge in [-0.2, -0.15) is 0 Å². The van der Waals surface area contributed by atoms with Gasteiger partial charge >= 0.3 is 0 Å². The van der Waals surface area contributed by atoms with Crippen LogP contribution in [0.15, 0.2) is 71.1 Å². The third-order valence-electron chi connectivity index (χ3n) is 4.69. The van der Waals surface area contributed by atoms with Crippen molar-refractivity contribution >= 4 is 56.5 Å². The number of amides is 2. The second kappa shape index (κ2) is 10.4. The summed E-state index contributed by atoms with van der Waals surface area (Å²) in [7, 11) is 3.15. The van der Waals surface area contributed by atoms with Crippen molar-refractivity contribution in [3.63, 3.8) is 0 Å². The first kappa shape index (κ1) is 22.6. The van der Waals surface area contributed by atoms with Crippen LogP contribution in [0.5, 0.6) is 11.5 Å². The van der Waals surface area contributed by atoms with Crippen LogP contribution in [0.2, 0.25) is 0 Å². The Kier molecular flexibility index (Phi) is 7.11. The number of nitrogens with one attached hydrogen (secondary N) is 2. The maximum atomic E-state index is 12.5. The SMILES string of the molecule is COc1ccc(C(=O)Nc2ccc3nc(SCC(=O)Nc4ccccc4OC)sc3c2)cc1. The summed E-state index contributed by atoms with van der Waals surface area (Å²) >= 11 is 2.84. The maximum Gasteiger partial charge on any atom is 0.255 e. The van der Waals surface area contributed by atoms with E-state index < -0.39 is 0 Å². The smallest absolute Gasteiger partial charge is 0.255 e. The van der Waals surface area contributed by atoms with Gasteiger partial charge in [0.05, 0.1) is 35.9 Å². The number of hydrogen-bond acceptors (Lipinski definition) is 7. The number of thioether (sulfide) groups is 1. The number of benzene rings is 3. The highest BCUT2D eigenvalue weighted by atomic mass is 32.2. The van der Waals surface area contributed by atoms with Gasteiger partial charge in [-0.25, -0.2) is 4.98 Å². The summed E-state index contributed by atoms with van der Waals surface area (Å²) in [6.45, 7) is 0. The van der Waals surface area contributed by atoms with Gasteiger partial charge in [0, 0.05) is 11.3 Å². The zero-order valence-electron chi connectivity index (χ0n) is 18.0. The van der Waals surface area contributed by atoms with E-state index in [-0.39, 0.29) is 17.6 Å². The van der Waals surface area contributed by atoms with Gasteiger partial charge in [-0.1, -0.05) is 23.9 Å². The molecule has 0 bridgehead atoms. The van der Waals surface area contributed by atoms with Crippen molar-refractivity contribution < 1.29 is 19.1 Å². The number of nitrogens with zero attached hydrogens (tertiary/aromatic N) is 1. The van der Waals surface area contributed by atoms with Crippen LogP contribution in [-0.4, -0.2) is 36.8 Å². The first-order chi connectivity index (χ1) is 16.1. The van der Waals surface area contributed by atoms with Gasteiger partial charge < -0.3 is 20.1 Å². The molecule has 0 aliphatic heterocycles. The van der Waals surface area contributed by atoms with Crippen LogP contribution in [-0.2, 0) is 4.79 Å². The molecule has 33 heavy (non-hydrogen) atoms. The third-order valence-corrected chi connectivity index (χ3v) is 6.85. The van der Waals surface area contributed by atoms with Crippen molar-refractivity contribution in [3.05, 3.63) is 72.3 Å². The molecule has 7 nitrogen and oxygen atoms in total. The highest BCUT2D eigenvalue weighted by Crippen LogP contribution is 2.32. The molecule has 2 amide bonds. The Bertz CT molecular complexity index is 1290. The summed E-state index contributed by atoms with van der Waals surface area (Å²) in [6, 6.07) is 19.7. The van der Waals surface area contributed by atoms with Crippen LogP contribution in [0.25, 0.3) is 10.2 Å². The zero-order valence-corrected chi connectivity index (χ0v) is 19.6. The highest BCUT2D eigenvalue weighted by molar-refractivity contribution is 8.01. The van der Waals surface area contributed by atoms with Crippen molar-refractivity contribution in [3.8, 4) is 11.5 Å². The number of rotatable bonds is 8. The molecule has 0 aliphatic carbocycles. The van der Waals surface area contributed by atoms with Gasteiger partial charge in [0.2, 0.25) is 5.91 Å². The molecule has 0 radical (unpaired) electrons. The Balaban J connectivity index is 1.38. The average molecular weight is 480 g/mol. The minimum atomic E-state index is -0.205. The number of methoxy groups -OCH3 is 2. The van der Waals surface area contributed by atoms with Gasteiger partial charge in [0.15, 0.2) is 4.34 Å². The molecule has 3 aromatic carbocycles. The average Bonchev–Trinajstić information content (AvgIpc) is 3.25. The molecule has 4 rings (SSSR count). The molecule has 0 saturated carbocycles. The molecule has 9 heteroatoms. The number of hydrogen-bond donors (Lipinski definition) is 2. The lowest BCUT2D eigenvalue weighted by Crippen LogP contribution is -2.14. The van der Waals surface area contributed by atoms with Gasteiger partial charge in [0.25, 0.3) is 5.91 Å². The highest BCUT2D eigenvalue weighted by Gasteiger charge is 2.12. The summed E-state index contributed by atoms with van der Waals surface area (Å²) in [5.41, 5.74) is 2.66. The molecule has 1 heterocycles. The number of carbonyl (C=O) groups is 2. The lowest BCUT2D eigenvalue weighted by atomic mass is 10.2. The van der Waals surface area contributed by atoms with Crippen LogP contribution in [0, 0.1) is 0 Å². The molecule has 0 saturated heterocycles.